The lowest BCUT2D eigenvalue weighted by Gasteiger charge is -2.18. The van der Waals surface area contributed by atoms with Crippen LogP contribution in [0, 0.1) is 11.3 Å². The van der Waals surface area contributed by atoms with Crippen molar-refractivity contribution < 1.29 is 14.7 Å². The summed E-state index contributed by atoms with van der Waals surface area (Å²) in [5.74, 6) is -1.40. The molecule has 0 unspecified atom stereocenters. The van der Waals surface area contributed by atoms with Crippen molar-refractivity contribution in [3.8, 4) is 6.07 Å². The number of aliphatic hydroxyl groups is 1. The quantitative estimate of drug-likeness (QED) is 0.729. The Morgan fingerprint density at radius 2 is 1.75 bits per heavy atom. The van der Waals surface area contributed by atoms with Crippen LogP contribution in [-0.2, 0) is 16.0 Å². The molecule has 0 bridgehead atoms. The number of primary amides is 1. The smallest absolute Gasteiger partial charge is 0.254 e. The summed E-state index contributed by atoms with van der Waals surface area (Å²) in [6, 6.07) is 16.1. The van der Waals surface area contributed by atoms with Crippen LogP contribution in [0.2, 0.25) is 0 Å². The zero-order chi connectivity index (χ0) is 17.5. The van der Waals surface area contributed by atoms with Crippen LogP contribution in [-0.4, -0.2) is 23.0 Å². The molecule has 0 aliphatic carbocycles. The number of amides is 2. The molecule has 122 valence electrons. The first-order chi connectivity index (χ1) is 11.5. The summed E-state index contributed by atoms with van der Waals surface area (Å²) in [6.45, 7) is 0. The van der Waals surface area contributed by atoms with Crippen LogP contribution in [0.25, 0.3) is 0 Å². The van der Waals surface area contributed by atoms with Crippen LogP contribution in [0.5, 0.6) is 0 Å². The zero-order valence-electron chi connectivity index (χ0n) is 12.8. The highest BCUT2D eigenvalue weighted by molar-refractivity contribution is 5.89. The molecule has 0 aromatic heterocycles. The summed E-state index contributed by atoms with van der Waals surface area (Å²) < 4.78 is 0. The highest BCUT2D eigenvalue weighted by atomic mass is 16.3. The normalized spacial score (nSPS) is 12.7. The van der Waals surface area contributed by atoms with Crippen LogP contribution in [0.1, 0.15) is 22.8 Å². The molecule has 2 aromatic carbocycles. The van der Waals surface area contributed by atoms with Gasteiger partial charge in [0.05, 0.1) is 11.6 Å². The van der Waals surface area contributed by atoms with E-state index < -0.39 is 24.0 Å². The fourth-order valence-corrected chi connectivity index (χ4v) is 2.21. The van der Waals surface area contributed by atoms with Crippen molar-refractivity contribution >= 4 is 11.8 Å². The van der Waals surface area contributed by atoms with Gasteiger partial charge in [-0.05, 0) is 23.3 Å². The molecule has 0 heterocycles. The molecule has 6 heteroatoms. The van der Waals surface area contributed by atoms with E-state index >= 15 is 0 Å². The number of nitrogens with two attached hydrogens (primary N) is 1. The van der Waals surface area contributed by atoms with Crippen LogP contribution >= 0.6 is 0 Å². The minimum atomic E-state index is -1.38. The molecule has 2 amide bonds. The monoisotopic (exact) mass is 323 g/mol. The molecule has 6 nitrogen and oxygen atoms in total. The van der Waals surface area contributed by atoms with Crippen molar-refractivity contribution in [1.29, 1.82) is 5.26 Å². The number of rotatable bonds is 6. The highest BCUT2D eigenvalue weighted by Gasteiger charge is 2.24. The van der Waals surface area contributed by atoms with E-state index in [-0.39, 0.29) is 6.42 Å². The van der Waals surface area contributed by atoms with E-state index in [2.05, 4.69) is 5.32 Å². The summed E-state index contributed by atoms with van der Waals surface area (Å²) in [7, 11) is 0. The molecule has 0 radical (unpaired) electrons. The second-order valence-corrected chi connectivity index (χ2v) is 5.29. The van der Waals surface area contributed by atoms with Crippen molar-refractivity contribution in [2.45, 2.75) is 18.6 Å². The van der Waals surface area contributed by atoms with E-state index in [0.29, 0.717) is 11.1 Å². The molecule has 0 aliphatic rings. The largest absolute Gasteiger partial charge is 0.378 e. The molecule has 0 aliphatic heterocycles. The molecule has 24 heavy (non-hydrogen) atoms. The van der Waals surface area contributed by atoms with Gasteiger partial charge >= 0.3 is 0 Å². The number of hydrogen-bond donors (Lipinski definition) is 3. The number of nitriles is 1. The molecule has 0 spiro atoms. The first-order valence-electron chi connectivity index (χ1n) is 7.33. The molecular weight excluding hydrogens is 306 g/mol. The number of aliphatic hydroxyl groups excluding tert-OH is 1. The van der Waals surface area contributed by atoms with Gasteiger partial charge in [-0.15, -0.1) is 0 Å². The number of hydrogen-bond acceptors (Lipinski definition) is 4. The van der Waals surface area contributed by atoms with Crippen molar-refractivity contribution in [3.63, 3.8) is 0 Å². The molecule has 2 aromatic rings. The van der Waals surface area contributed by atoms with Crippen molar-refractivity contribution in [1.82, 2.24) is 5.32 Å². The Labute approximate surface area is 139 Å². The number of benzene rings is 2. The van der Waals surface area contributed by atoms with Crippen molar-refractivity contribution in [2.24, 2.45) is 5.73 Å². The maximum atomic E-state index is 12.1. The molecule has 2 rings (SSSR count). The molecular formula is C18H17N3O3. The van der Waals surface area contributed by atoms with Crippen molar-refractivity contribution in [3.05, 3.63) is 71.3 Å². The first-order valence-corrected chi connectivity index (χ1v) is 7.33. The van der Waals surface area contributed by atoms with E-state index in [1.807, 2.05) is 6.07 Å². The zero-order valence-corrected chi connectivity index (χ0v) is 12.8. The molecule has 0 saturated heterocycles. The first kappa shape index (κ1) is 17.2. The Morgan fingerprint density at radius 1 is 1.12 bits per heavy atom. The van der Waals surface area contributed by atoms with Gasteiger partial charge in [-0.3, -0.25) is 9.59 Å². The summed E-state index contributed by atoms with van der Waals surface area (Å²) >= 11 is 0. The minimum absolute atomic E-state index is 0.175. The average molecular weight is 323 g/mol. The predicted octanol–water partition coefficient (Wildman–Crippen LogP) is 0.804. The van der Waals surface area contributed by atoms with Gasteiger partial charge in [0.15, 0.2) is 6.10 Å². The van der Waals surface area contributed by atoms with Crippen LogP contribution in [0.3, 0.4) is 0 Å². The SMILES string of the molecule is N#Cc1ccc(C[C@@H](NC(=O)[C@@H](O)c2ccccc2)C(N)=O)cc1. The molecule has 2 atom stereocenters. The Morgan fingerprint density at radius 3 is 2.29 bits per heavy atom. The number of carbonyl (C=O) groups excluding carboxylic acids is 2. The Bertz CT molecular complexity index is 751. The lowest BCUT2D eigenvalue weighted by molar-refractivity contribution is -0.133. The fraction of sp³-hybridized carbons (Fsp3) is 0.167. The van der Waals surface area contributed by atoms with Gasteiger partial charge in [0.1, 0.15) is 6.04 Å². The van der Waals surface area contributed by atoms with Crippen molar-refractivity contribution in [2.75, 3.05) is 0 Å². The number of carbonyl (C=O) groups is 2. The third-order valence-electron chi connectivity index (χ3n) is 3.55. The Balaban J connectivity index is 2.06. The molecule has 0 saturated carbocycles. The lowest BCUT2D eigenvalue weighted by atomic mass is 10.0. The second-order valence-electron chi connectivity index (χ2n) is 5.29. The van der Waals surface area contributed by atoms with E-state index in [0.717, 1.165) is 5.56 Å². The minimum Gasteiger partial charge on any atom is -0.378 e. The van der Waals surface area contributed by atoms with Gasteiger partial charge in [-0.1, -0.05) is 42.5 Å². The van der Waals surface area contributed by atoms with Gasteiger partial charge in [-0.25, -0.2) is 0 Å². The topological polar surface area (TPSA) is 116 Å². The average Bonchev–Trinajstić information content (AvgIpc) is 2.61. The van der Waals surface area contributed by atoms with E-state index in [4.69, 9.17) is 11.0 Å². The molecule has 4 N–H and O–H groups in total. The fourth-order valence-electron chi connectivity index (χ4n) is 2.21. The Hall–Kier alpha value is -3.17. The van der Waals surface area contributed by atoms with Crippen LogP contribution < -0.4 is 11.1 Å². The second kappa shape index (κ2) is 7.90. The van der Waals surface area contributed by atoms with Gasteiger partial charge in [0, 0.05) is 6.42 Å². The van der Waals surface area contributed by atoms with E-state index in [1.54, 1.807) is 54.6 Å². The predicted molar refractivity (Wildman–Crippen MR) is 87.4 cm³/mol. The van der Waals surface area contributed by atoms with Gasteiger partial charge < -0.3 is 16.2 Å². The highest BCUT2D eigenvalue weighted by Crippen LogP contribution is 2.13. The van der Waals surface area contributed by atoms with Crippen LogP contribution in [0.15, 0.2) is 54.6 Å². The van der Waals surface area contributed by atoms with E-state index in [1.165, 1.54) is 0 Å². The Kier molecular flexibility index (Phi) is 5.66. The summed E-state index contributed by atoms with van der Waals surface area (Å²) in [5.41, 5.74) is 7.01. The number of nitrogens with one attached hydrogen (secondary N) is 1. The third kappa shape index (κ3) is 4.41. The van der Waals surface area contributed by atoms with Gasteiger partial charge in [0.25, 0.3) is 5.91 Å². The standard InChI is InChI=1S/C18H17N3O3/c19-11-13-8-6-12(7-9-13)10-15(17(20)23)21-18(24)16(22)14-4-2-1-3-5-14/h1-9,15-16,22H,10H2,(H2,20,23)(H,21,24)/t15-,16+/m1/s1. The third-order valence-corrected chi connectivity index (χ3v) is 3.55. The summed E-state index contributed by atoms with van der Waals surface area (Å²) in [4.78, 5) is 23.7. The summed E-state index contributed by atoms with van der Waals surface area (Å²) in [5, 5.41) is 21.3. The lowest BCUT2D eigenvalue weighted by Crippen LogP contribution is -2.47. The van der Waals surface area contributed by atoms with Gasteiger partial charge in [-0.2, -0.15) is 5.26 Å². The number of nitrogens with zero attached hydrogens (tertiary/aromatic N) is 1. The van der Waals surface area contributed by atoms with Gasteiger partial charge in [0.2, 0.25) is 5.91 Å². The maximum Gasteiger partial charge on any atom is 0.254 e. The van der Waals surface area contributed by atoms with Crippen LogP contribution in [0.4, 0.5) is 0 Å². The van der Waals surface area contributed by atoms with E-state index in [9.17, 15) is 14.7 Å². The summed E-state index contributed by atoms with van der Waals surface area (Å²) in [6.07, 6.45) is -1.21. The maximum absolute atomic E-state index is 12.1. The molecule has 0 fully saturated rings.